The monoisotopic (exact) mass is 317 g/mol. The Labute approximate surface area is 138 Å². The fraction of sp³-hybridized carbons (Fsp3) is 0.474. The highest BCUT2D eigenvalue weighted by Gasteiger charge is 2.01. The molecule has 0 radical (unpaired) electrons. The summed E-state index contributed by atoms with van der Waals surface area (Å²) in [5, 5.41) is 0. The Bertz CT molecular complexity index is 585. The largest absolute Gasteiger partial charge is 0.468 e. The second kappa shape index (κ2) is 11.4. The first-order valence-electron chi connectivity index (χ1n) is 8.02. The van der Waals surface area contributed by atoms with Crippen LogP contribution in [0.2, 0.25) is 0 Å². The predicted octanol–water partition coefficient (Wildman–Crippen LogP) is 4.13. The molecule has 0 aliphatic rings. The Hall–Kier alpha value is -2.15. The summed E-state index contributed by atoms with van der Waals surface area (Å²) in [6.07, 6.45) is 8.33. The first-order valence-corrected chi connectivity index (χ1v) is 8.02. The molecule has 3 nitrogen and oxygen atoms in total. The van der Waals surface area contributed by atoms with Crippen molar-refractivity contribution in [3.8, 4) is 11.8 Å². The molecule has 0 N–H and O–H groups in total. The van der Waals surface area contributed by atoms with Crippen LogP contribution in [0, 0.1) is 17.7 Å². The van der Waals surface area contributed by atoms with Crippen molar-refractivity contribution in [3.63, 3.8) is 0 Å². The van der Waals surface area contributed by atoms with Gasteiger partial charge < -0.3 is 4.74 Å². The normalized spacial score (nSPS) is 10.4. The number of unbranched alkanes of at least 4 members (excludes halogenated alkanes) is 5. The van der Waals surface area contributed by atoms with Gasteiger partial charge in [-0.1, -0.05) is 44.4 Å². The number of esters is 1. The first kappa shape index (κ1) is 18.9. The van der Waals surface area contributed by atoms with E-state index < -0.39 is 5.97 Å². The fourth-order valence-electron chi connectivity index (χ4n) is 2.01. The number of nitrogens with zero attached hydrogens (tertiary/aromatic N) is 1. The summed E-state index contributed by atoms with van der Waals surface area (Å²) in [6.45, 7) is 2.11. The van der Waals surface area contributed by atoms with E-state index in [-0.39, 0.29) is 12.4 Å². The van der Waals surface area contributed by atoms with Gasteiger partial charge in [-0.3, -0.25) is 9.79 Å². The molecule has 23 heavy (non-hydrogen) atoms. The van der Waals surface area contributed by atoms with Gasteiger partial charge in [-0.15, -0.1) is 0 Å². The number of ether oxygens (including phenoxy) is 1. The van der Waals surface area contributed by atoms with Crippen molar-refractivity contribution in [1.29, 1.82) is 0 Å². The molecule has 0 bridgehead atoms. The van der Waals surface area contributed by atoms with Crippen LogP contribution >= 0.6 is 0 Å². The van der Waals surface area contributed by atoms with Gasteiger partial charge in [0.05, 0.1) is 7.11 Å². The van der Waals surface area contributed by atoms with Crippen LogP contribution in [-0.2, 0) is 9.53 Å². The maximum absolute atomic E-state index is 13.4. The highest BCUT2D eigenvalue weighted by Crippen LogP contribution is 2.09. The molecular formula is C19H24FNO2. The standard InChI is InChI=1S/C19H24FNO2/c1-3-4-5-6-7-8-9-10-16-11-12-18(20)13-17(16)14-21-15-19(22)23-2/h11-14H,3-8,15H2,1-2H3. The molecule has 0 saturated heterocycles. The van der Waals surface area contributed by atoms with E-state index in [9.17, 15) is 9.18 Å². The number of aliphatic imine (C=N–C) groups is 1. The summed E-state index contributed by atoms with van der Waals surface area (Å²) >= 11 is 0. The van der Waals surface area contributed by atoms with Gasteiger partial charge in [0.15, 0.2) is 0 Å². The van der Waals surface area contributed by atoms with Crippen molar-refractivity contribution in [2.45, 2.75) is 45.4 Å². The highest BCUT2D eigenvalue weighted by atomic mass is 19.1. The summed E-state index contributed by atoms with van der Waals surface area (Å²) in [5.41, 5.74) is 1.29. The average molecular weight is 317 g/mol. The van der Waals surface area contributed by atoms with Gasteiger partial charge in [-0.05, 0) is 24.6 Å². The molecule has 0 aliphatic carbocycles. The van der Waals surface area contributed by atoms with Crippen molar-refractivity contribution in [2.75, 3.05) is 13.7 Å². The molecule has 4 heteroatoms. The molecule has 124 valence electrons. The topological polar surface area (TPSA) is 38.7 Å². The smallest absolute Gasteiger partial charge is 0.327 e. The van der Waals surface area contributed by atoms with Crippen LogP contribution in [0.5, 0.6) is 0 Å². The van der Waals surface area contributed by atoms with Crippen molar-refractivity contribution in [3.05, 3.63) is 35.1 Å². The van der Waals surface area contributed by atoms with E-state index in [4.69, 9.17) is 0 Å². The molecule has 0 heterocycles. The van der Waals surface area contributed by atoms with Crippen molar-refractivity contribution >= 4 is 12.2 Å². The minimum Gasteiger partial charge on any atom is -0.468 e. The number of methoxy groups -OCH3 is 1. The van der Waals surface area contributed by atoms with Crippen LogP contribution in [0.4, 0.5) is 4.39 Å². The zero-order valence-electron chi connectivity index (χ0n) is 13.9. The summed E-state index contributed by atoms with van der Waals surface area (Å²) < 4.78 is 17.9. The van der Waals surface area contributed by atoms with Crippen LogP contribution in [0.1, 0.15) is 56.6 Å². The number of carbonyl (C=O) groups is 1. The molecule has 0 unspecified atom stereocenters. The lowest BCUT2D eigenvalue weighted by Crippen LogP contribution is -2.04. The van der Waals surface area contributed by atoms with Gasteiger partial charge in [0.2, 0.25) is 0 Å². The maximum atomic E-state index is 13.4. The number of halogens is 1. The molecule has 0 amide bonds. The Kier molecular flexibility index (Phi) is 9.38. The lowest BCUT2D eigenvalue weighted by atomic mass is 10.1. The average Bonchev–Trinajstić information content (AvgIpc) is 2.55. The third-order valence-electron chi connectivity index (χ3n) is 3.32. The highest BCUT2D eigenvalue weighted by molar-refractivity contribution is 5.85. The number of carbonyl (C=O) groups excluding carboxylic acids is 1. The zero-order valence-corrected chi connectivity index (χ0v) is 13.9. The van der Waals surface area contributed by atoms with E-state index in [0.29, 0.717) is 11.1 Å². The van der Waals surface area contributed by atoms with E-state index in [1.807, 2.05) is 0 Å². The van der Waals surface area contributed by atoms with Gasteiger partial charge in [-0.25, -0.2) is 4.39 Å². The number of benzene rings is 1. The Morgan fingerprint density at radius 3 is 2.83 bits per heavy atom. The second-order valence-corrected chi connectivity index (χ2v) is 5.24. The van der Waals surface area contributed by atoms with Crippen LogP contribution in [-0.4, -0.2) is 25.8 Å². The van der Waals surface area contributed by atoms with Gasteiger partial charge in [0.1, 0.15) is 12.4 Å². The molecule has 0 aliphatic heterocycles. The van der Waals surface area contributed by atoms with E-state index in [0.717, 1.165) is 12.8 Å². The molecule has 0 atom stereocenters. The SMILES string of the molecule is CCCCCCCC#Cc1ccc(F)cc1C=NCC(=O)OC. The van der Waals surface area contributed by atoms with E-state index in [1.54, 1.807) is 6.07 Å². The predicted molar refractivity (Wildman–Crippen MR) is 91.1 cm³/mol. The molecule has 1 rings (SSSR count). The summed E-state index contributed by atoms with van der Waals surface area (Å²) in [7, 11) is 1.30. The maximum Gasteiger partial charge on any atom is 0.327 e. The lowest BCUT2D eigenvalue weighted by Gasteiger charge is -1.99. The second-order valence-electron chi connectivity index (χ2n) is 5.24. The van der Waals surface area contributed by atoms with Crippen molar-refractivity contribution in [1.82, 2.24) is 0 Å². The Morgan fingerprint density at radius 2 is 2.09 bits per heavy atom. The lowest BCUT2D eigenvalue weighted by molar-refractivity contribution is -0.138. The van der Waals surface area contributed by atoms with Crippen LogP contribution in [0.15, 0.2) is 23.2 Å². The third kappa shape index (κ3) is 8.15. The summed E-state index contributed by atoms with van der Waals surface area (Å²) in [5.74, 6) is 5.40. The van der Waals surface area contributed by atoms with E-state index in [1.165, 1.54) is 51.1 Å². The van der Waals surface area contributed by atoms with Gasteiger partial charge in [-0.2, -0.15) is 0 Å². The van der Waals surface area contributed by atoms with E-state index in [2.05, 4.69) is 28.5 Å². The minimum absolute atomic E-state index is 0.0860. The first-order chi connectivity index (χ1) is 11.2. The van der Waals surface area contributed by atoms with Crippen LogP contribution in [0.25, 0.3) is 0 Å². The fourth-order valence-corrected chi connectivity index (χ4v) is 2.01. The summed E-state index contributed by atoms with van der Waals surface area (Å²) in [6, 6.07) is 4.38. The van der Waals surface area contributed by atoms with Gasteiger partial charge >= 0.3 is 5.97 Å². The quantitative estimate of drug-likeness (QED) is 0.313. The van der Waals surface area contributed by atoms with Crippen molar-refractivity contribution < 1.29 is 13.9 Å². The molecule has 0 spiro atoms. The van der Waals surface area contributed by atoms with Crippen molar-refractivity contribution in [2.24, 2.45) is 4.99 Å². The molecule has 1 aromatic rings. The molecule has 1 aromatic carbocycles. The Morgan fingerprint density at radius 1 is 1.30 bits per heavy atom. The molecule has 0 saturated carbocycles. The number of hydrogen-bond donors (Lipinski definition) is 0. The molecule has 0 aromatic heterocycles. The van der Waals surface area contributed by atoms with Crippen LogP contribution in [0.3, 0.4) is 0 Å². The van der Waals surface area contributed by atoms with Gasteiger partial charge in [0.25, 0.3) is 0 Å². The Balaban J connectivity index is 2.62. The summed E-state index contributed by atoms with van der Waals surface area (Å²) in [4.78, 5) is 15.0. The van der Waals surface area contributed by atoms with Crippen LogP contribution < -0.4 is 0 Å². The number of hydrogen-bond acceptors (Lipinski definition) is 3. The third-order valence-corrected chi connectivity index (χ3v) is 3.32. The molecular weight excluding hydrogens is 293 g/mol. The zero-order chi connectivity index (χ0) is 16.9. The van der Waals surface area contributed by atoms with E-state index >= 15 is 0 Å². The minimum atomic E-state index is -0.433. The molecule has 0 fully saturated rings. The van der Waals surface area contributed by atoms with Gasteiger partial charge in [0, 0.05) is 23.8 Å². The number of rotatable bonds is 8.